The number of hydrogen-bond donors (Lipinski definition) is 2. The predicted molar refractivity (Wildman–Crippen MR) is 85.9 cm³/mol. The molecule has 3 N–H and O–H groups in total. The van der Waals surface area contributed by atoms with Crippen LogP contribution in [-0.2, 0) is 11.2 Å². The van der Waals surface area contributed by atoms with Crippen LogP contribution in [0.5, 0.6) is 0 Å². The first-order chi connectivity index (χ1) is 10.1. The van der Waals surface area contributed by atoms with E-state index in [0.717, 1.165) is 11.1 Å². The normalized spacial score (nSPS) is 13.5. The zero-order chi connectivity index (χ0) is 15.2. The van der Waals surface area contributed by atoms with Crippen LogP contribution in [0.15, 0.2) is 54.6 Å². The second-order valence-corrected chi connectivity index (χ2v) is 5.44. The van der Waals surface area contributed by atoms with Gasteiger partial charge in [-0.3, -0.25) is 4.79 Å². The number of rotatable bonds is 5. The van der Waals surface area contributed by atoms with Crippen LogP contribution in [0.4, 0.5) is 0 Å². The summed E-state index contributed by atoms with van der Waals surface area (Å²) < 4.78 is 0. The monoisotopic (exact) mass is 282 g/mol. The van der Waals surface area contributed by atoms with Crippen molar-refractivity contribution in [2.75, 3.05) is 0 Å². The van der Waals surface area contributed by atoms with E-state index in [1.165, 1.54) is 5.56 Å². The third-order valence-corrected chi connectivity index (χ3v) is 3.57. The summed E-state index contributed by atoms with van der Waals surface area (Å²) in [4.78, 5) is 12.2. The summed E-state index contributed by atoms with van der Waals surface area (Å²) in [5.74, 6) is -0.119. The Labute approximate surface area is 126 Å². The molecule has 2 aromatic carbocycles. The van der Waals surface area contributed by atoms with Gasteiger partial charge in [0.05, 0.1) is 12.1 Å². The summed E-state index contributed by atoms with van der Waals surface area (Å²) in [6, 6.07) is 17.4. The van der Waals surface area contributed by atoms with Crippen molar-refractivity contribution in [2.24, 2.45) is 5.73 Å². The van der Waals surface area contributed by atoms with Gasteiger partial charge in [0, 0.05) is 0 Å². The van der Waals surface area contributed by atoms with E-state index >= 15 is 0 Å². The fourth-order valence-electron chi connectivity index (χ4n) is 2.22. The molecule has 0 radical (unpaired) electrons. The lowest BCUT2D eigenvalue weighted by molar-refractivity contribution is -0.123. The van der Waals surface area contributed by atoms with Crippen molar-refractivity contribution >= 4 is 5.91 Å². The van der Waals surface area contributed by atoms with E-state index in [1.807, 2.05) is 68.4 Å². The van der Waals surface area contributed by atoms with Crippen LogP contribution in [0.2, 0.25) is 0 Å². The summed E-state index contributed by atoms with van der Waals surface area (Å²) in [6.07, 6.45) is 0.549. The summed E-state index contributed by atoms with van der Waals surface area (Å²) in [6.45, 7) is 4.01. The molecular weight excluding hydrogens is 260 g/mol. The van der Waals surface area contributed by atoms with Crippen LogP contribution in [0, 0.1) is 6.92 Å². The first kappa shape index (κ1) is 15.3. The molecule has 0 aliphatic rings. The standard InChI is InChI=1S/C18H22N2O/c1-13-8-10-16(11-9-13)14(2)20-18(21)17(19)12-15-6-4-3-5-7-15/h3-11,14,17H,12,19H2,1-2H3,(H,20,21)/t14-,17-/m0/s1. The van der Waals surface area contributed by atoms with Crippen molar-refractivity contribution in [3.8, 4) is 0 Å². The van der Waals surface area contributed by atoms with Crippen molar-refractivity contribution < 1.29 is 4.79 Å². The summed E-state index contributed by atoms with van der Waals surface area (Å²) in [5, 5.41) is 2.97. The molecule has 0 unspecified atom stereocenters. The number of carbonyl (C=O) groups excluding carboxylic acids is 1. The van der Waals surface area contributed by atoms with Gasteiger partial charge < -0.3 is 11.1 Å². The van der Waals surface area contributed by atoms with Crippen LogP contribution < -0.4 is 11.1 Å². The number of hydrogen-bond acceptors (Lipinski definition) is 2. The molecule has 0 spiro atoms. The summed E-state index contributed by atoms with van der Waals surface area (Å²) >= 11 is 0. The van der Waals surface area contributed by atoms with Crippen LogP contribution in [0.25, 0.3) is 0 Å². The van der Waals surface area contributed by atoms with Crippen molar-refractivity contribution in [2.45, 2.75) is 32.4 Å². The quantitative estimate of drug-likeness (QED) is 0.886. The van der Waals surface area contributed by atoms with E-state index in [-0.39, 0.29) is 11.9 Å². The molecule has 2 atom stereocenters. The molecule has 0 saturated heterocycles. The molecule has 0 heterocycles. The van der Waals surface area contributed by atoms with E-state index in [4.69, 9.17) is 5.73 Å². The Morgan fingerprint density at radius 3 is 2.33 bits per heavy atom. The Morgan fingerprint density at radius 2 is 1.71 bits per heavy atom. The molecule has 0 aliphatic carbocycles. The molecule has 0 fully saturated rings. The fourth-order valence-corrected chi connectivity index (χ4v) is 2.22. The van der Waals surface area contributed by atoms with Crippen LogP contribution in [0.3, 0.4) is 0 Å². The minimum absolute atomic E-state index is 0.0417. The van der Waals surface area contributed by atoms with Gasteiger partial charge in [0.25, 0.3) is 0 Å². The Morgan fingerprint density at radius 1 is 1.10 bits per heavy atom. The van der Waals surface area contributed by atoms with Crippen molar-refractivity contribution in [3.63, 3.8) is 0 Å². The topological polar surface area (TPSA) is 55.1 Å². The number of nitrogens with one attached hydrogen (secondary N) is 1. The number of benzene rings is 2. The molecule has 0 aromatic heterocycles. The van der Waals surface area contributed by atoms with Crippen LogP contribution in [-0.4, -0.2) is 11.9 Å². The van der Waals surface area contributed by atoms with Gasteiger partial charge in [0.1, 0.15) is 0 Å². The first-order valence-corrected chi connectivity index (χ1v) is 7.22. The fraction of sp³-hybridized carbons (Fsp3) is 0.278. The van der Waals surface area contributed by atoms with E-state index in [2.05, 4.69) is 5.32 Å². The predicted octanol–water partition coefficient (Wildman–Crippen LogP) is 2.74. The van der Waals surface area contributed by atoms with Crippen LogP contribution >= 0.6 is 0 Å². The van der Waals surface area contributed by atoms with Gasteiger partial charge in [-0.05, 0) is 31.4 Å². The molecule has 2 aromatic rings. The van der Waals surface area contributed by atoms with Gasteiger partial charge in [-0.25, -0.2) is 0 Å². The van der Waals surface area contributed by atoms with E-state index in [9.17, 15) is 4.79 Å². The van der Waals surface area contributed by atoms with Gasteiger partial charge in [-0.2, -0.15) is 0 Å². The van der Waals surface area contributed by atoms with Crippen LogP contribution in [0.1, 0.15) is 29.7 Å². The number of amides is 1. The molecule has 3 nitrogen and oxygen atoms in total. The average Bonchev–Trinajstić information content (AvgIpc) is 2.48. The highest BCUT2D eigenvalue weighted by Gasteiger charge is 2.16. The zero-order valence-corrected chi connectivity index (χ0v) is 12.5. The average molecular weight is 282 g/mol. The lowest BCUT2D eigenvalue weighted by Gasteiger charge is -2.18. The van der Waals surface area contributed by atoms with Gasteiger partial charge in [0.2, 0.25) is 5.91 Å². The lowest BCUT2D eigenvalue weighted by Crippen LogP contribution is -2.42. The molecule has 3 heteroatoms. The SMILES string of the molecule is Cc1ccc([C@H](C)NC(=O)[C@@H](N)Cc2ccccc2)cc1. The maximum Gasteiger partial charge on any atom is 0.237 e. The van der Waals surface area contributed by atoms with E-state index in [1.54, 1.807) is 0 Å². The third kappa shape index (κ3) is 4.43. The molecule has 21 heavy (non-hydrogen) atoms. The molecule has 0 bridgehead atoms. The molecule has 110 valence electrons. The highest BCUT2D eigenvalue weighted by Crippen LogP contribution is 2.13. The lowest BCUT2D eigenvalue weighted by atomic mass is 10.0. The minimum atomic E-state index is -0.528. The molecular formula is C18H22N2O. The number of nitrogens with two attached hydrogens (primary N) is 1. The van der Waals surface area contributed by atoms with Crippen molar-refractivity contribution in [3.05, 3.63) is 71.3 Å². The summed E-state index contributed by atoms with van der Waals surface area (Å²) in [5.41, 5.74) is 9.35. The van der Waals surface area contributed by atoms with Gasteiger partial charge >= 0.3 is 0 Å². The Balaban J connectivity index is 1.92. The van der Waals surface area contributed by atoms with Crippen molar-refractivity contribution in [1.82, 2.24) is 5.32 Å². The molecule has 0 aliphatic heterocycles. The van der Waals surface area contributed by atoms with E-state index in [0.29, 0.717) is 6.42 Å². The Kier molecular flexibility index (Phi) is 5.12. The smallest absolute Gasteiger partial charge is 0.237 e. The van der Waals surface area contributed by atoms with E-state index < -0.39 is 6.04 Å². The molecule has 0 saturated carbocycles. The molecule has 1 amide bonds. The number of aryl methyl sites for hydroxylation is 1. The highest BCUT2D eigenvalue weighted by atomic mass is 16.2. The first-order valence-electron chi connectivity index (χ1n) is 7.22. The maximum atomic E-state index is 12.2. The zero-order valence-electron chi connectivity index (χ0n) is 12.5. The maximum absolute atomic E-state index is 12.2. The Bertz CT molecular complexity index is 578. The van der Waals surface area contributed by atoms with Crippen molar-refractivity contribution in [1.29, 1.82) is 0 Å². The minimum Gasteiger partial charge on any atom is -0.348 e. The largest absolute Gasteiger partial charge is 0.348 e. The molecule has 2 rings (SSSR count). The number of carbonyl (C=O) groups is 1. The third-order valence-electron chi connectivity index (χ3n) is 3.57. The second kappa shape index (κ2) is 7.04. The second-order valence-electron chi connectivity index (χ2n) is 5.44. The van der Waals surface area contributed by atoms with Gasteiger partial charge in [-0.1, -0.05) is 60.2 Å². The van der Waals surface area contributed by atoms with Gasteiger partial charge in [-0.15, -0.1) is 0 Å². The highest BCUT2D eigenvalue weighted by molar-refractivity contribution is 5.82. The van der Waals surface area contributed by atoms with Gasteiger partial charge in [0.15, 0.2) is 0 Å². The summed E-state index contributed by atoms with van der Waals surface area (Å²) in [7, 11) is 0. The Hall–Kier alpha value is -2.13.